The minimum absolute atomic E-state index is 0. The van der Waals surface area contributed by atoms with Crippen LogP contribution < -0.4 is 5.30 Å². The van der Waals surface area contributed by atoms with Gasteiger partial charge in [-0.15, -0.1) is 0 Å². The van der Waals surface area contributed by atoms with Gasteiger partial charge in [0, 0.05) is 12.2 Å². The second-order valence-corrected chi connectivity index (χ2v) is 4.73. The molecule has 1 aromatic carbocycles. The maximum atomic E-state index is 11.3. The monoisotopic (exact) mass is 208 g/mol. The van der Waals surface area contributed by atoms with Crippen LogP contribution in [0.5, 0.6) is 0 Å². The summed E-state index contributed by atoms with van der Waals surface area (Å²) in [5.41, 5.74) is -0.686. The van der Waals surface area contributed by atoms with Crippen molar-refractivity contribution in [3.8, 4) is 0 Å². The second-order valence-electron chi connectivity index (χ2n) is 2.43. The molecule has 13 heavy (non-hydrogen) atoms. The van der Waals surface area contributed by atoms with Crippen molar-refractivity contribution >= 4 is 47.8 Å². The molecule has 3 nitrogen and oxygen atoms in total. The van der Waals surface area contributed by atoms with Crippen molar-refractivity contribution < 1.29 is 14.3 Å². The predicted molar refractivity (Wildman–Crippen MR) is 53.7 cm³/mol. The molecule has 0 amide bonds. The zero-order chi connectivity index (χ0) is 9.19. The van der Waals surface area contributed by atoms with Crippen LogP contribution in [0.3, 0.4) is 0 Å². The summed E-state index contributed by atoms with van der Waals surface area (Å²) in [4.78, 5) is 20.0. The number of hydrogen-bond acceptors (Lipinski definition) is 2. The Labute approximate surface area is 98.9 Å². The van der Waals surface area contributed by atoms with Gasteiger partial charge in [-0.3, -0.25) is 9.36 Å². The van der Waals surface area contributed by atoms with Gasteiger partial charge in [0.05, 0.1) is 0 Å². The molecule has 0 aromatic heterocycles. The topological polar surface area (TPSA) is 54.4 Å². The van der Waals surface area contributed by atoms with Crippen molar-refractivity contribution in [1.29, 1.82) is 0 Å². The zero-order valence-electron chi connectivity index (χ0n) is 6.60. The summed E-state index contributed by atoms with van der Waals surface area (Å²) in [5, 5.41) is 0.192. The molecule has 1 N–H and O–H groups in total. The van der Waals surface area contributed by atoms with Crippen molar-refractivity contribution in [2.24, 2.45) is 0 Å². The van der Waals surface area contributed by atoms with E-state index in [-0.39, 0.29) is 34.9 Å². The van der Waals surface area contributed by atoms with E-state index in [1.807, 2.05) is 0 Å². The SMILES string of the molecule is CC(=O)P(=O)(O)c1ccccc1.[NaH]. The van der Waals surface area contributed by atoms with Crippen LogP contribution in [0.4, 0.5) is 0 Å². The quantitative estimate of drug-likeness (QED) is 0.568. The third kappa shape index (κ3) is 3.04. The first-order valence-corrected chi connectivity index (χ1v) is 5.10. The Hall–Kier alpha value is 0.0800. The Balaban J connectivity index is 0.00000144. The van der Waals surface area contributed by atoms with Gasteiger partial charge < -0.3 is 4.89 Å². The number of hydrogen-bond donors (Lipinski definition) is 1. The molecule has 1 aromatic rings. The fourth-order valence-electron chi connectivity index (χ4n) is 0.812. The second kappa shape index (κ2) is 5.08. The number of carbonyl (C=O) groups excluding carboxylic acids is 1. The summed E-state index contributed by atoms with van der Waals surface area (Å²) in [6.07, 6.45) is 0. The summed E-state index contributed by atoms with van der Waals surface area (Å²) < 4.78 is 11.3. The molecule has 1 atom stereocenters. The van der Waals surface area contributed by atoms with Gasteiger partial charge in [0.15, 0.2) is 0 Å². The third-order valence-electron chi connectivity index (χ3n) is 1.53. The van der Waals surface area contributed by atoms with Gasteiger partial charge in [0.1, 0.15) is 0 Å². The maximum absolute atomic E-state index is 11.3. The Kier molecular flexibility index (Phi) is 5.11. The summed E-state index contributed by atoms with van der Waals surface area (Å²) in [6, 6.07) is 7.93. The Morgan fingerprint density at radius 3 is 2.15 bits per heavy atom. The van der Waals surface area contributed by atoms with Gasteiger partial charge in [0.2, 0.25) is 5.52 Å². The third-order valence-corrected chi connectivity index (χ3v) is 3.38. The van der Waals surface area contributed by atoms with Crippen molar-refractivity contribution in [2.75, 3.05) is 0 Å². The molecule has 1 rings (SSSR count). The van der Waals surface area contributed by atoms with Gasteiger partial charge in [-0.1, -0.05) is 18.2 Å². The molecule has 0 spiro atoms. The number of benzene rings is 1. The molecular weight excluding hydrogens is 198 g/mol. The molecule has 0 aliphatic rings. The molecule has 0 heterocycles. The molecule has 0 aliphatic carbocycles. The van der Waals surface area contributed by atoms with E-state index in [9.17, 15) is 14.3 Å². The van der Waals surface area contributed by atoms with E-state index >= 15 is 0 Å². The molecule has 0 saturated carbocycles. The van der Waals surface area contributed by atoms with Gasteiger partial charge in [-0.25, -0.2) is 0 Å². The van der Waals surface area contributed by atoms with Gasteiger partial charge >= 0.3 is 29.6 Å². The Morgan fingerprint density at radius 2 is 1.77 bits per heavy atom. The first kappa shape index (κ1) is 13.1. The van der Waals surface area contributed by atoms with Crippen LogP contribution in [0.15, 0.2) is 30.3 Å². The van der Waals surface area contributed by atoms with E-state index in [0.717, 1.165) is 6.92 Å². The fourth-order valence-corrected chi connectivity index (χ4v) is 1.75. The normalized spacial score (nSPS) is 14.0. The Morgan fingerprint density at radius 1 is 1.31 bits per heavy atom. The van der Waals surface area contributed by atoms with E-state index in [2.05, 4.69) is 0 Å². The summed E-state index contributed by atoms with van der Waals surface area (Å²) in [7, 11) is -3.76. The first-order valence-electron chi connectivity index (χ1n) is 3.44. The molecule has 0 bridgehead atoms. The van der Waals surface area contributed by atoms with Crippen LogP contribution in [0.1, 0.15) is 6.92 Å². The van der Waals surface area contributed by atoms with Gasteiger partial charge in [-0.05, 0) is 12.1 Å². The number of carbonyl (C=O) groups is 1. The molecule has 5 heteroatoms. The molecule has 1 unspecified atom stereocenters. The van der Waals surface area contributed by atoms with E-state index in [1.165, 1.54) is 12.1 Å². The first-order chi connectivity index (χ1) is 5.55. The number of rotatable bonds is 2. The molecule has 0 fully saturated rings. The summed E-state index contributed by atoms with van der Waals surface area (Å²) in [5.74, 6) is 0. The van der Waals surface area contributed by atoms with Crippen LogP contribution >= 0.6 is 7.37 Å². The van der Waals surface area contributed by atoms with Crippen LogP contribution in [-0.2, 0) is 9.36 Å². The Bertz CT molecular complexity index is 337. The minimum atomic E-state index is -3.76. The fraction of sp³-hybridized carbons (Fsp3) is 0.125. The van der Waals surface area contributed by atoms with Crippen LogP contribution in [0.2, 0.25) is 0 Å². The predicted octanol–water partition coefficient (Wildman–Crippen LogP) is 0.480. The van der Waals surface area contributed by atoms with Crippen molar-refractivity contribution in [1.82, 2.24) is 0 Å². The van der Waals surface area contributed by atoms with Crippen molar-refractivity contribution in [3.63, 3.8) is 0 Å². The molecule has 0 aliphatic heterocycles. The zero-order valence-corrected chi connectivity index (χ0v) is 7.49. The average Bonchev–Trinajstić information content (AvgIpc) is 2.06. The van der Waals surface area contributed by atoms with Crippen molar-refractivity contribution in [2.45, 2.75) is 6.92 Å². The van der Waals surface area contributed by atoms with Crippen molar-refractivity contribution in [3.05, 3.63) is 30.3 Å². The summed E-state index contributed by atoms with van der Waals surface area (Å²) in [6.45, 7) is 1.12. The van der Waals surface area contributed by atoms with Gasteiger partial charge in [0.25, 0.3) is 7.37 Å². The van der Waals surface area contributed by atoms with E-state index < -0.39 is 12.9 Å². The summed E-state index contributed by atoms with van der Waals surface area (Å²) >= 11 is 0. The average molecular weight is 208 g/mol. The molecule has 0 radical (unpaired) electrons. The van der Waals surface area contributed by atoms with Gasteiger partial charge in [-0.2, -0.15) is 0 Å². The molecular formula is C8H10NaO3P. The van der Waals surface area contributed by atoms with Crippen LogP contribution in [-0.4, -0.2) is 40.0 Å². The molecule has 0 saturated heterocycles. The van der Waals surface area contributed by atoms with Crippen LogP contribution in [0, 0.1) is 0 Å². The molecule has 66 valence electrons. The van der Waals surface area contributed by atoms with E-state index in [0.29, 0.717) is 0 Å². The van der Waals surface area contributed by atoms with Crippen LogP contribution in [0.25, 0.3) is 0 Å². The van der Waals surface area contributed by atoms with E-state index in [1.54, 1.807) is 18.2 Å². The van der Waals surface area contributed by atoms with E-state index in [4.69, 9.17) is 0 Å². The standard InChI is InChI=1S/C8H9O3P.Na.H/c1-7(9)12(10,11)8-5-3-2-4-6-8;;/h2-6H,1H3,(H,10,11);;.